The maximum atomic E-state index is 12.4. The number of nitrogens with one attached hydrogen (secondary N) is 1. The first-order valence-corrected chi connectivity index (χ1v) is 11.0. The molecule has 0 aliphatic heterocycles. The second-order valence-corrected chi connectivity index (χ2v) is 8.13. The molecule has 0 bridgehead atoms. The Morgan fingerprint density at radius 3 is 2.00 bits per heavy atom. The third-order valence-corrected chi connectivity index (χ3v) is 5.41. The van der Waals surface area contributed by atoms with E-state index < -0.39 is 0 Å². The molecule has 0 unspecified atom stereocenters. The average molecular weight is 506 g/mol. The van der Waals surface area contributed by atoms with Gasteiger partial charge in [-0.15, -0.1) is 0 Å². The first-order chi connectivity index (χ1) is 16.0. The highest BCUT2D eigenvalue weighted by Crippen LogP contribution is 2.18. The Morgan fingerprint density at radius 1 is 0.758 bits per heavy atom. The summed E-state index contributed by atoms with van der Waals surface area (Å²) in [7, 11) is 0. The van der Waals surface area contributed by atoms with E-state index >= 15 is 0 Å². The van der Waals surface area contributed by atoms with E-state index in [9.17, 15) is 14.4 Å². The maximum absolute atomic E-state index is 12.4. The molecule has 166 valence electrons. The second-order valence-electron chi connectivity index (χ2n) is 7.22. The van der Waals surface area contributed by atoms with E-state index in [2.05, 4.69) is 31.4 Å². The van der Waals surface area contributed by atoms with Gasteiger partial charge < -0.3 is 5.32 Å². The SMILES string of the molecule is O=C(Cn1nc(-c2ccc(Br)cc2)ccc1=O)NCCn1nc(-c2ccccc2)ccc1=O. The van der Waals surface area contributed by atoms with Gasteiger partial charge in [0, 0.05) is 34.3 Å². The van der Waals surface area contributed by atoms with Crippen LogP contribution in [0.2, 0.25) is 0 Å². The Labute approximate surface area is 197 Å². The lowest BCUT2D eigenvalue weighted by Gasteiger charge is -2.10. The van der Waals surface area contributed by atoms with Gasteiger partial charge in [-0.1, -0.05) is 58.4 Å². The van der Waals surface area contributed by atoms with Crippen molar-refractivity contribution in [2.75, 3.05) is 6.54 Å². The molecule has 4 rings (SSSR count). The lowest BCUT2D eigenvalue weighted by Crippen LogP contribution is -2.36. The molecule has 0 spiro atoms. The lowest BCUT2D eigenvalue weighted by molar-refractivity contribution is -0.121. The van der Waals surface area contributed by atoms with Gasteiger partial charge in [-0.25, -0.2) is 9.36 Å². The fraction of sp³-hybridized carbons (Fsp3) is 0.125. The van der Waals surface area contributed by atoms with Crippen molar-refractivity contribution in [2.24, 2.45) is 0 Å². The Bertz CT molecular complexity index is 1380. The van der Waals surface area contributed by atoms with Crippen molar-refractivity contribution in [1.29, 1.82) is 0 Å². The van der Waals surface area contributed by atoms with E-state index in [-0.39, 0.29) is 36.7 Å². The molecule has 1 N–H and O–H groups in total. The molecule has 2 aromatic heterocycles. The van der Waals surface area contributed by atoms with Crippen LogP contribution in [0.5, 0.6) is 0 Å². The number of aromatic nitrogens is 4. The fourth-order valence-corrected chi connectivity index (χ4v) is 3.47. The summed E-state index contributed by atoms with van der Waals surface area (Å²) >= 11 is 3.38. The number of nitrogens with zero attached hydrogens (tertiary/aromatic N) is 4. The van der Waals surface area contributed by atoms with Crippen molar-refractivity contribution in [1.82, 2.24) is 24.9 Å². The zero-order valence-electron chi connectivity index (χ0n) is 17.5. The van der Waals surface area contributed by atoms with Crippen molar-refractivity contribution in [2.45, 2.75) is 13.1 Å². The molecule has 33 heavy (non-hydrogen) atoms. The molecular formula is C24H20BrN5O3. The third kappa shape index (κ3) is 5.69. The summed E-state index contributed by atoms with van der Waals surface area (Å²) in [6, 6.07) is 23.1. The van der Waals surface area contributed by atoms with Gasteiger partial charge in [0.25, 0.3) is 11.1 Å². The number of hydrogen-bond donors (Lipinski definition) is 1. The molecular weight excluding hydrogens is 486 g/mol. The normalized spacial score (nSPS) is 10.7. The van der Waals surface area contributed by atoms with Gasteiger partial charge in [0.2, 0.25) is 5.91 Å². The van der Waals surface area contributed by atoms with E-state index in [1.165, 1.54) is 16.8 Å². The molecule has 2 aromatic carbocycles. The molecule has 4 aromatic rings. The summed E-state index contributed by atoms with van der Waals surface area (Å²) in [5, 5.41) is 11.4. The molecule has 8 nitrogen and oxygen atoms in total. The molecule has 0 saturated carbocycles. The van der Waals surface area contributed by atoms with E-state index in [0.717, 1.165) is 20.3 Å². The monoisotopic (exact) mass is 505 g/mol. The highest BCUT2D eigenvalue weighted by molar-refractivity contribution is 9.10. The van der Waals surface area contributed by atoms with Gasteiger partial charge in [-0.2, -0.15) is 10.2 Å². The Kier molecular flexibility index (Phi) is 6.89. The van der Waals surface area contributed by atoms with Crippen molar-refractivity contribution < 1.29 is 4.79 Å². The molecule has 9 heteroatoms. The summed E-state index contributed by atoms with van der Waals surface area (Å²) in [6.07, 6.45) is 0. The largest absolute Gasteiger partial charge is 0.353 e. The molecule has 0 aliphatic carbocycles. The van der Waals surface area contributed by atoms with Gasteiger partial charge in [0.15, 0.2) is 0 Å². The molecule has 1 amide bonds. The quantitative estimate of drug-likeness (QED) is 0.416. The van der Waals surface area contributed by atoms with Crippen LogP contribution in [-0.2, 0) is 17.9 Å². The van der Waals surface area contributed by atoms with Gasteiger partial charge in [0.05, 0.1) is 17.9 Å². The average Bonchev–Trinajstić information content (AvgIpc) is 2.83. The van der Waals surface area contributed by atoms with Gasteiger partial charge in [0.1, 0.15) is 6.54 Å². The van der Waals surface area contributed by atoms with Crippen molar-refractivity contribution >= 4 is 21.8 Å². The van der Waals surface area contributed by atoms with Crippen LogP contribution >= 0.6 is 15.9 Å². The number of hydrogen-bond acceptors (Lipinski definition) is 5. The number of rotatable bonds is 7. The number of amides is 1. The molecule has 0 saturated heterocycles. The smallest absolute Gasteiger partial charge is 0.267 e. The summed E-state index contributed by atoms with van der Waals surface area (Å²) in [4.78, 5) is 36.7. The van der Waals surface area contributed by atoms with E-state index in [1.54, 1.807) is 12.1 Å². The van der Waals surface area contributed by atoms with E-state index in [1.807, 2.05) is 54.6 Å². The molecule has 0 radical (unpaired) electrons. The molecule has 2 heterocycles. The number of carbonyl (C=O) groups excluding carboxylic acids is 1. The van der Waals surface area contributed by atoms with E-state index in [0.29, 0.717) is 11.4 Å². The topological polar surface area (TPSA) is 98.9 Å². The third-order valence-electron chi connectivity index (χ3n) is 4.88. The first-order valence-electron chi connectivity index (χ1n) is 10.2. The van der Waals surface area contributed by atoms with Gasteiger partial charge in [-0.05, 0) is 24.3 Å². The standard InChI is InChI=1S/C24H20BrN5O3/c25-19-8-6-18(7-9-19)21-11-13-24(33)30(28-21)16-22(31)26-14-15-29-23(32)12-10-20(27-29)17-4-2-1-3-5-17/h1-13H,14-16H2,(H,26,31). The maximum Gasteiger partial charge on any atom is 0.267 e. The second kappa shape index (κ2) is 10.2. The number of halogens is 1. The minimum absolute atomic E-state index is 0.186. The van der Waals surface area contributed by atoms with Crippen molar-refractivity contribution in [3.05, 3.63) is 104 Å². The van der Waals surface area contributed by atoms with Crippen LogP contribution in [-0.4, -0.2) is 32.0 Å². The fourth-order valence-electron chi connectivity index (χ4n) is 3.20. The minimum atomic E-state index is -0.384. The van der Waals surface area contributed by atoms with E-state index in [4.69, 9.17) is 0 Å². The van der Waals surface area contributed by atoms with Crippen LogP contribution in [0.1, 0.15) is 0 Å². The summed E-state index contributed by atoms with van der Waals surface area (Å²) in [5.74, 6) is -0.384. The lowest BCUT2D eigenvalue weighted by atomic mass is 10.1. The van der Waals surface area contributed by atoms with Crippen LogP contribution in [0, 0.1) is 0 Å². The predicted molar refractivity (Wildman–Crippen MR) is 129 cm³/mol. The molecule has 0 atom stereocenters. The zero-order chi connectivity index (χ0) is 23.2. The number of benzene rings is 2. The van der Waals surface area contributed by atoms with Crippen LogP contribution in [0.25, 0.3) is 22.5 Å². The molecule has 0 aliphatic rings. The Hall–Kier alpha value is -3.85. The number of carbonyl (C=O) groups is 1. The zero-order valence-corrected chi connectivity index (χ0v) is 19.1. The van der Waals surface area contributed by atoms with Gasteiger partial charge >= 0.3 is 0 Å². The van der Waals surface area contributed by atoms with Gasteiger partial charge in [-0.3, -0.25) is 14.4 Å². The van der Waals surface area contributed by atoms with Crippen LogP contribution in [0.15, 0.2) is 92.9 Å². The first kappa shape index (κ1) is 22.3. The van der Waals surface area contributed by atoms with Crippen molar-refractivity contribution in [3.8, 4) is 22.5 Å². The summed E-state index contributed by atoms with van der Waals surface area (Å²) < 4.78 is 3.36. The predicted octanol–water partition coefficient (Wildman–Crippen LogP) is 2.71. The minimum Gasteiger partial charge on any atom is -0.353 e. The Balaban J connectivity index is 1.39. The van der Waals surface area contributed by atoms with Crippen molar-refractivity contribution in [3.63, 3.8) is 0 Å². The summed E-state index contributed by atoms with van der Waals surface area (Å²) in [6.45, 7) is 0.160. The highest BCUT2D eigenvalue weighted by Gasteiger charge is 2.09. The molecule has 0 fully saturated rings. The van der Waals surface area contributed by atoms with Crippen LogP contribution in [0.4, 0.5) is 0 Å². The highest BCUT2D eigenvalue weighted by atomic mass is 79.9. The Morgan fingerprint density at radius 2 is 1.33 bits per heavy atom. The summed E-state index contributed by atoms with van der Waals surface area (Å²) in [5.41, 5.74) is 2.34. The van der Waals surface area contributed by atoms with Crippen LogP contribution < -0.4 is 16.4 Å². The van der Waals surface area contributed by atoms with Crippen LogP contribution in [0.3, 0.4) is 0 Å².